The monoisotopic (exact) mass is 786 g/mol. The molecule has 0 aliphatic carbocycles. The number of aromatic amines is 1. The number of nitrogens with zero attached hydrogens (tertiary/aromatic N) is 1. The van der Waals surface area contributed by atoms with Crippen molar-refractivity contribution in [1.82, 2.24) is 9.97 Å². The number of rotatable bonds is 1. The van der Waals surface area contributed by atoms with Gasteiger partial charge in [0.25, 0.3) is 0 Å². The molecular formula is C61H10N2O. The Morgan fingerprint density at radius 3 is 0.844 bits per heavy atom. The molecule has 3 heteroatoms. The highest BCUT2D eigenvalue weighted by Gasteiger charge is 2.02. The number of nitrogens with one attached hydrogen (secondary N) is 1. The van der Waals surface area contributed by atoms with Crippen LogP contribution >= 0.6 is 0 Å². The first-order valence-corrected chi connectivity index (χ1v) is 16.7. The molecule has 3 rings (SSSR count). The van der Waals surface area contributed by atoms with Crippen LogP contribution in [0.15, 0.2) is 47.3 Å². The highest BCUT2D eigenvalue weighted by Crippen LogP contribution is 2.22. The summed E-state index contributed by atoms with van der Waals surface area (Å²) in [5.74, 6) is 119. The molecule has 3 nitrogen and oxygen atoms in total. The maximum Gasteiger partial charge on any atom is 0.133 e. The zero-order chi connectivity index (χ0) is 45.3. The first-order chi connectivity index (χ1) is 31.8. The molecule has 0 fully saturated rings. The Balaban J connectivity index is 0.000000828. The molecule has 0 saturated carbocycles. The molecule has 2 aromatic heterocycles. The maximum absolute atomic E-state index is 5.31. The van der Waals surface area contributed by atoms with Crippen LogP contribution in [0.4, 0.5) is 0 Å². The van der Waals surface area contributed by atoms with Crippen molar-refractivity contribution < 1.29 is 4.42 Å². The fraction of sp³-hybridized carbons (Fsp3) is 0. The van der Waals surface area contributed by atoms with Gasteiger partial charge in [-0.3, -0.25) is 0 Å². The van der Waals surface area contributed by atoms with E-state index in [-0.39, 0.29) is 0 Å². The minimum atomic E-state index is 0.876. The summed E-state index contributed by atoms with van der Waals surface area (Å²) in [6.45, 7) is 0. The van der Waals surface area contributed by atoms with Gasteiger partial charge in [0, 0.05) is 195 Å². The summed E-state index contributed by atoms with van der Waals surface area (Å²) in [5, 5.41) is 0. The van der Waals surface area contributed by atoms with E-state index in [1.165, 1.54) is 0 Å². The van der Waals surface area contributed by atoms with Gasteiger partial charge < -0.3 is 9.40 Å². The van der Waals surface area contributed by atoms with Crippen molar-refractivity contribution in [3.05, 3.63) is 42.9 Å². The molecule has 0 aliphatic heterocycles. The van der Waals surface area contributed by atoms with Gasteiger partial charge in [-0.2, -0.15) is 0 Å². The molecule has 0 amide bonds. The summed E-state index contributed by atoms with van der Waals surface area (Å²) >= 11 is 0. The Morgan fingerprint density at radius 1 is 0.344 bits per heavy atom. The molecule has 0 atom stereocenters. The van der Waals surface area contributed by atoms with E-state index in [9.17, 15) is 0 Å². The third kappa shape index (κ3) is 27.5. The van der Waals surface area contributed by atoms with Gasteiger partial charge in [-0.15, -0.1) is 12.8 Å². The Morgan fingerprint density at radius 2 is 0.609 bits per heavy atom. The molecule has 0 unspecified atom stereocenters. The molecule has 270 valence electrons. The Hall–Kier alpha value is -13.0. The Kier molecular flexibility index (Phi) is 27.2. The maximum atomic E-state index is 5.31. The molecule has 0 radical (unpaired) electrons. The minimum Gasteiger partial charge on any atom is -0.464 e. The lowest BCUT2D eigenvalue weighted by Crippen LogP contribution is -1.74. The number of H-pyrrole nitrogens is 1. The largest absolute Gasteiger partial charge is 0.464 e. The third-order valence-corrected chi connectivity index (χ3v) is 5.18. The number of fused-ring (bicyclic) bond motifs is 1. The number of terminal acetylenes is 2. The van der Waals surface area contributed by atoms with Crippen molar-refractivity contribution in [1.29, 1.82) is 0 Å². The Bertz CT molecular complexity index is 3780. The van der Waals surface area contributed by atoms with Crippen LogP contribution < -0.4 is 0 Å². The van der Waals surface area contributed by atoms with Gasteiger partial charge in [0.2, 0.25) is 0 Å². The summed E-state index contributed by atoms with van der Waals surface area (Å²) in [5.41, 5.74) is 3.06. The highest BCUT2D eigenvalue weighted by molar-refractivity contribution is 5.80. The van der Waals surface area contributed by atoms with Crippen molar-refractivity contribution in [2.45, 2.75) is 0 Å². The van der Waals surface area contributed by atoms with E-state index in [1.54, 1.807) is 12.6 Å². The highest BCUT2D eigenvalue weighted by atomic mass is 16.3. The van der Waals surface area contributed by atoms with Gasteiger partial charge in [0.1, 0.15) is 5.76 Å². The van der Waals surface area contributed by atoms with E-state index < -0.39 is 0 Å². The summed E-state index contributed by atoms with van der Waals surface area (Å²) in [4.78, 5) is 7.22. The molecule has 1 aromatic carbocycles. The summed E-state index contributed by atoms with van der Waals surface area (Å²) < 4.78 is 5.31. The predicted octanol–water partition coefficient (Wildman–Crippen LogP) is 3.15. The predicted molar refractivity (Wildman–Crippen MR) is 250 cm³/mol. The van der Waals surface area contributed by atoms with Crippen molar-refractivity contribution in [2.75, 3.05) is 0 Å². The molecule has 2 heterocycles. The fourth-order valence-corrected chi connectivity index (χ4v) is 2.98. The van der Waals surface area contributed by atoms with Gasteiger partial charge in [-0.05, 0) is 125 Å². The smallest absolute Gasteiger partial charge is 0.133 e. The van der Waals surface area contributed by atoms with Crippen LogP contribution in [0.3, 0.4) is 0 Å². The second kappa shape index (κ2) is 36.9. The van der Waals surface area contributed by atoms with Crippen LogP contribution in [0, 0.1) is 297 Å². The van der Waals surface area contributed by atoms with Gasteiger partial charge in [-0.1, -0.05) is 0 Å². The summed E-state index contributed by atoms with van der Waals surface area (Å²) in [7, 11) is 0. The average Bonchev–Trinajstić information content (AvgIpc) is 4.04. The molecule has 3 aromatic rings. The second-order valence-electron chi connectivity index (χ2n) is 9.15. The zero-order valence-corrected chi connectivity index (χ0v) is 32.6. The van der Waals surface area contributed by atoms with Crippen LogP contribution in [0.2, 0.25) is 0 Å². The molecule has 0 aliphatic rings. The lowest BCUT2D eigenvalue weighted by atomic mass is 10.1. The first-order valence-electron chi connectivity index (χ1n) is 16.7. The van der Waals surface area contributed by atoms with Crippen molar-refractivity contribution in [3.63, 3.8) is 0 Å². The van der Waals surface area contributed by atoms with Crippen LogP contribution in [0.25, 0.3) is 22.4 Å². The standard InChI is InChI=1S/C50H2.C11H8N2O/c1-3-5-7-9-11-13-15-17-19-21-23-25-27-29-31-33-35-37-39-41-43-45-47-49-50-48-46-44-42-40-38-36-34-32-30-28-26-24-22-20-18-16-14-12-10-8-6-4-2;1-2-11(14-5-1)8-3-4-9-10(6-8)13-7-12-9/h1-2H;1-7H,(H,12,13). The van der Waals surface area contributed by atoms with Gasteiger partial charge >= 0.3 is 0 Å². The quantitative estimate of drug-likeness (QED) is 0.386. The van der Waals surface area contributed by atoms with Gasteiger partial charge in [0.15, 0.2) is 0 Å². The number of hydrogen-bond acceptors (Lipinski definition) is 2. The number of furan rings is 1. The van der Waals surface area contributed by atoms with Crippen molar-refractivity contribution in [3.8, 4) is 308 Å². The Labute approximate surface area is 375 Å². The summed E-state index contributed by atoms with van der Waals surface area (Å²) in [6.07, 6.45) is 13.2. The lowest BCUT2D eigenvalue weighted by Gasteiger charge is -1.95. The van der Waals surface area contributed by atoms with E-state index in [4.69, 9.17) is 17.3 Å². The lowest BCUT2D eigenvalue weighted by molar-refractivity contribution is 0.582. The number of hydrogen-bond donors (Lipinski definition) is 1. The first kappa shape index (κ1) is 47.1. The molecular weight excluding hydrogens is 777 g/mol. The van der Waals surface area contributed by atoms with E-state index in [2.05, 4.69) is 294 Å². The molecule has 1 N–H and O–H groups in total. The molecule has 64 heavy (non-hydrogen) atoms. The number of imidazole rings is 1. The normalized spacial score (nSPS) is 5.41. The van der Waals surface area contributed by atoms with Gasteiger partial charge in [0.05, 0.1) is 23.6 Å². The van der Waals surface area contributed by atoms with E-state index in [1.807, 2.05) is 30.3 Å². The SMILES string of the molecule is C#CC#CC#CC#CC#CC#CC#CC#CC#CC#CC#CC#CC#CC#CC#CC#CC#CC#CC#CC#CC#CC#CC#CC#CC#C.c1coc(-c2ccc3nc[nH]c3c2)c1. The minimum absolute atomic E-state index is 0.876. The molecule has 0 bridgehead atoms. The van der Waals surface area contributed by atoms with E-state index in [0.717, 1.165) is 22.4 Å². The van der Waals surface area contributed by atoms with Gasteiger partial charge in [-0.25, -0.2) is 4.98 Å². The van der Waals surface area contributed by atoms with E-state index in [0.29, 0.717) is 0 Å². The summed E-state index contributed by atoms with van der Waals surface area (Å²) in [6, 6.07) is 9.83. The molecule has 0 spiro atoms. The fourth-order valence-electron chi connectivity index (χ4n) is 2.98. The van der Waals surface area contributed by atoms with Crippen LogP contribution in [-0.2, 0) is 0 Å². The second-order valence-corrected chi connectivity index (χ2v) is 9.15. The van der Waals surface area contributed by atoms with Crippen molar-refractivity contribution in [2.24, 2.45) is 0 Å². The van der Waals surface area contributed by atoms with Crippen LogP contribution in [0.5, 0.6) is 0 Å². The third-order valence-electron chi connectivity index (χ3n) is 5.18. The number of aromatic nitrogens is 2. The van der Waals surface area contributed by atoms with E-state index >= 15 is 0 Å². The van der Waals surface area contributed by atoms with Crippen LogP contribution in [-0.4, -0.2) is 9.97 Å². The van der Waals surface area contributed by atoms with Crippen molar-refractivity contribution >= 4 is 11.0 Å². The average molecular weight is 787 g/mol. The molecule has 0 saturated heterocycles. The van der Waals surface area contributed by atoms with Crippen LogP contribution in [0.1, 0.15) is 0 Å². The topological polar surface area (TPSA) is 41.8 Å². The number of benzene rings is 1. The zero-order valence-electron chi connectivity index (χ0n) is 32.6.